The highest BCUT2D eigenvalue weighted by Gasteiger charge is 2.11. The number of ether oxygens (including phenoxy) is 1. The van der Waals surface area contributed by atoms with Crippen molar-refractivity contribution in [1.29, 1.82) is 0 Å². The van der Waals surface area contributed by atoms with Crippen LogP contribution in [0.4, 0.5) is 5.82 Å². The molecule has 10 heavy (non-hydrogen) atoms. The summed E-state index contributed by atoms with van der Waals surface area (Å²) in [6.07, 6.45) is 5.09. The lowest BCUT2D eigenvalue weighted by Gasteiger charge is -2.16. The van der Waals surface area contributed by atoms with Gasteiger partial charge in [-0.05, 0) is 0 Å². The van der Waals surface area contributed by atoms with Gasteiger partial charge < -0.3 is 9.64 Å². The van der Waals surface area contributed by atoms with Crippen LogP contribution in [0.15, 0.2) is 18.7 Å². The lowest BCUT2D eigenvalue weighted by Crippen LogP contribution is -2.12. The Morgan fingerprint density at radius 1 is 1.70 bits per heavy atom. The Morgan fingerprint density at radius 2 is 2.60 bits per heavy atom. The second kappa shape index (κ2) is 1.76. The van der Waals surface area contributed by atoms with Gasteiger partial charge in [-0.2, -0.15) is 5.10 Å². The maximum atomic E-state index is 5.12. The van der Waals surface area contributed by atoms with E-state index in [0.29, 0.717) is 0 Å². The fourth-order valence-corrected chi connectivity index (χ4v) is 0.877. The molecule has 0 radical (unpaired) electrons. The molecule has 1 N–H and O–H groups in total. The SMILES string of the molecule is CN1C=COc2cn[nH]c21. The molecule has 1 aliphatic rings. The quantitative estimate of drug-likeness (QED) is 0.572. The summed E-state index contributed by atoms with van der Waals surface area (Å²) < 4.78 is 5.12. The molecule has 0 bridgehead atoms. The van der Waals surface area contributed by atoms with Gasteiger partial charge in [0, 0.05) is 13.2 Å². The van der Waals surface area contributed by atoms with Gasteiger partial charge in [-0.25, -0.2) is 0 Å². The van der Waals surface area contributed by atoms with Crippen molar-refractivity contribution in [3.05, 3.63) is 18.7 Å². The first kappa shape index (κ1) is 5.34. The van der Waals surface area contributed by atoms with Gasteiger partial charge in [0.2, 0.25) is 0 Å². The van der Waals surface area contributed by atoms with Crippen molar-refractivity contribution >= 4 is 5.82 Å². The van der Waals surface area contributed by atoms with Gasteiger partial charge in [-0.1, -0.05) is 0 Å². The first-order valence-electron chi connectivity index (χ1n) is 2.97. The standard InChI is InChI=1S/C6H7N3O/c1-9-2-3-10-5-4-7-8-6(5)9/h2-4H,1H3,(H,7,8). The third-order valence-corrected chi connectivity index (χ3v) is 1.42. The number of aromatic nitrogens is 2. The van der Waals surface area contributed by atoms with Crippen LogP contribution in [0.1, 0.15) is 0 Å². The molecule has 1 aromatic rings. The van der Waals surface area contributed by atoms with E-state index in [1.54, 1.807) is 12.5 Å². The number of fused-ring (bicyclic) bond motifs is 1. The molecular formula is C6H7N3O. The Balaban J connectivity index is 2.48. The molecule has 0 spiro atoms. The van der Waals surface area contributed by atoms with Gasteiger partial charge in [-0.3, -0.25) is 5.10 Å². The fraction of sp³-hybridized carbons (Fsp3) is 0.167. The highest BCUT2D eigenvalue weighted by molar-refractivity contribution is 5.54. The second-order valence-corrected chi connectivity index (χ2v) is 2.10. The molecule has 0 atom stereocenters. The van der Waals surface area contributed by atoms with E-state index >= 15 is 0 Å². The van der Waals surface area contributed by atoms with E-state index in [2.05, 4.69) is 10.2 Å². The summed E-state index contributed by atoms with van der Waals surface area (Å²) in [5.41, 5.74) is 0. The van der Waals surface area contributed by atoms with Crippen LogP contribution < -0.4 is 9.64 Å². The van der Waals surface area contributed by atoms with E-state index in [-0.39, 0.29) is 0 Å². The molecule has 2 rings (SSSR count). The van der Waals surface area contributed by atoms with E-state index in [1.165, 1.54) is 0 Å². The van der Waals surface area contributed by atoms with Gasteiger partial charge in [0.05, 0.1) is 6.20 Å². The molecule has 0 aromatic carbocycles. The number of hydrogen-bond donors (Lipinski definition) is 1. The van der Waals surface area contributed by atoms with Crippen LogP contribution in [0.25, 0.3) is 0 Å². The summed E-state index contributed by atoms with van der Waals surface area (Å²) in [5.74, 6) is 1.66. The maximum absolute atomic E-state index is 5.12. The lowest BCUT2D eigenvalue weighted by molar-refractivity contribution is 0.472. The molecule has 0 unspecified atom stereocenters. The predicted octanol–water partition coefficient (Wildman–Crippen LogP) is 0.709. The Kier molecular flexibility index (Phi) is 0.943. The molecule has 4 heteroatoms. The van der Waals surface area contributed by atoms with Crippen LogP contribution in [0.5, 0.6) is 5.75 Å². The number of nitrogens with zero attached hydrogens (tertiary/aromatic N) is 2. The largest absolute Gasteiger partial charge is 0.458 e. The van der Waals surface area contributed by atoms with Crippen LogP contribution in [-0.4, -0.2) is 17.2 Å². The highest BCUT2D eigenvalue weighted by Crippen LogP contribution is 2.26. The van der Waals surface area contributed by atoms with Gasteiger partial charge in [0.15, 0.2) is 11.6 Å². The molecule has 0 saturated heterocycles. The van der Waals surface area contributed by atoms with Gasteiger partial charge >= 0.3 is 0 Å². The predicted molar refractivity (Wildman–Crippen MR) is 36.8 cm³/mol. The third-order valence-electron chi connectivity index (χ3n) is 1.42. The zero-order valence-electron chi connectivity index (χ0n) is 5.53. The molecule has 52 valence electrons. The average Bonchev–Trinajstić information content (AvgIpc) is 2.36. The molecular weight excluding hydrogens is 130 g/mol. The van der Waals surface area contributed by atoms with E-state index in [0.717, 1.165) is 11.6 Å². The zero-order chi connectivity index (χ0) is 6.97. The Bertz CT molecular complexity index is 266. The normalized spacial score (nSPS) is 14.7. The van der Waals surface area contributed by atoms with Gasteiger partial charge in [0.1, 0.15) is 6.26 Å². The van der Waals surface area contributed by atoms with Crippen LogP contribution in [-0.2, 0) is 0 Å². The number of rotatable bonds is 0. The topological polar surface area (TPSA) is 41.1 Å². The van der Waals surface area contributed by atoms with Crippen molar-refractivity contribution in [2.24, 2.45) is 0 Å². The number of aromatic amines is 1. The molecule has 0 amide bonds. The number of anilines is 1. The van der Waals surface area contributed by atoms with E-state index in [4.69, 9.17) is 4.74 Å². The number of H-pyrrole nitrogens is 1. The van der Waals surface area contributed by atoms with Crippen molar-refractivity contribution in [2.45, 2.75) is 0 Å². The molecule has 0 saturated carbocycles. The summed E-state index contributed by atoms with van der Waals surface area (Å²) in [6, 6.07) is 0. The van der Waals surface area contributed by atoms with Crippen LogP contribution in [0.2, 0.25) is 0 Å². The van der Waals surface area contributed by atoms with Gasteiger partial charge in [0.25, 0.3) is 0 Å². The summed E-state index contributed by atoms with van der Waals surface area (Å²) in [7, 11) is 1.93. The smallest absolute Gasteiger partial charge is 0.188 e. The van der Waals surface area contributed by atoms with Crippen LogP contribution in [0, 0.1) is 0 Å². The summed E-state index contributed by atoms with van der Waals surface area (Å²) >= 11 is 0. The third kappa shape index (κ3) is 0.586. The minimum absolute atomic E-state index is 0.769. The molecule has 4 nitrogen and oxygen atoms in total. The summed E-state index contributed by atoms with van der Waals surface area (Å²) in [4.78, 5) is 1.91. The van der Waals surface area contributed by atoms with Crippen LogP contribution >= 0.6 is 0 Å². The van der Waals surface area contributed by atoms with Crippen molar-refractivity contribution < 1.29 is 4.74 Å². The molecule has 0 fully saturated rings. The maximum Gasteiger partial charge on any atom is 0.188 e. The summed E-state index contributed by atoms with van der Waals surface area (Å²) in [5, 5.41) is 6.63. The zero-order valence-corrected chi connectivity index (χ0v) is 5.53. The van der Waals surface area contributed by atoms with E-state index < -0.39 is 0 Å². The lowest BCUT2D eigenvalue weighted by atomic mass is 10.5. The molecule has 1 aromatic heterocycles. The van der Waals surface area contributed by atoms with E-state index in [1.807, 2.05) is 18.1 Å². The second-order valence-electron chi connectivity index (χ2n) is 2.10. The highest BCUT2D eigenvalue weighted by atomic mass is 16.5. The number of hydrogen-bond acceptors (Lipinski definition) is 3. The first-order chi connectivity index (χ1) is 4.88. The van der Waals surface area contributed by atoms with Crippen molar-refractivity contribution in [2.75, 3.05) is 11.9 Å². The fourth-order valence-electron chi connectivity index (χ4n) is 0.877. The van der Waals surface area contributed by atoms with Crippen molar-refractivity contribution in [3.63, 3.8) is 0 Å². The number of nitrogens with one attached hydrogen (secondary N) is 1. The molecule has 1 aliphatic heterocycles. The molecule has 2 heterocycles. The van der Waals surface area contributed by atoms with Gasteiger partial charge in [-0.15, -0.1) is 0 Å². The van der Waals surface area contributed by atoms with E-state index in [9.17, 15) is 0 Å². The Labute approximate surface area is 58.1 Å². The minimum Gasteiger partial charge on any atom is -0.458 e. The average molecular weight is 137 g/mol. The van der Waals surface area contributed by atoms with Crippen molar-refractivity contribution in [1.82, 2.24) is 10.2 Å². The Hall–Kier alpha value is -1.45. The Morgan fingerprint density at radius 3 is 3.40 bits per heavy atom. The minimum atomic E-state index is 0.769. The van der Waals surface area contributed by atoms with Crippen molar-refractivity contribution in [3.8, 4) is 5.75 Å². The first-order valence-corrected chi connectivity index (χ1v) is 2.97. The summed E-state index contributed by atoms with van der Waals surface area (Å²) in [6.45, 7) is 0. The molecule has 0 aliphatic carbocycles. The van der Waals surface area contributed by atoms with Crippen LogP contribution in [0.3, 0.4) is 0 Å². The monoisotopic (exact) mass is 137 g/mol.